The van der Waals surface area contributed by atoms with Crippen LogP contribution >= 0.6 is 23.1 Å². The number of urea groups is 1. The van der Waals surface area contributed by atoms with E-state index in [0.717, 1.165) is 35.2 Å². The normalized spacial score (nSPS) is 13.7. The van der Waals surface area contributed by atoms with Crippen molar-refractivity contribution in [3.05, 3.63) is 28.2 Å². The fourth-order valence-electron chi connectivity index (χ4n) is 2.27. The van der Waals surface area contributed by atoms with E-state index < -0.39 is 6.03 Å². The van der Waals surface area contributed by atoms with Crippen LogP contribution in [-0.2, 0) is 17.9 Å². The van der Waals surface area contributed by atoms with Gasteiger partial charge in [0.05, 0.1) is 12.3 Å². The number of carbonyl (C=O) groups excluding carboxylic acids is 2. The standard InChI is InChI=1S/C15H19N5O2S2/c1-2-20-13(10-5-6-10)18-19-15(20)24-9-12(21)17-14(22)16-8-11-4-3-7-23-11/h3-4,7,10H,2,5-6,8-9H2,1H3,(H2,16,17,21,22). The van der Waals surface area contributed by atoms with Gasteiger partial charge < -0.3 is 9.88 Å². The van der Waals surface area contributed by atoms with Gasteiger partial charge in [-0.25, -0.2) is 4.79 Å². The number of thioether (sulfide) groups is 1. The highest BCUT2D eigenvalue weighted by Crippen LogP contribution is 2.39. The van der Waals surface area contributed by atoms with E-state index in [0.29, 0.717) is 12.5 Å². The molecule has 128 valence electrons. The van der Waals surface area contributed by atoms with E-state index in [1.54, 1.807) is 11.3 Å². The Labute approximate surface area is 148 Å². The fraction of sp³-hybridized carbons (Fsp3) is 0.467. The molecule has 3 amide bonds. The van der Waals surface area contributed by atoms with E-state index in [4.69, 9.17) is 0 Å². The quantitative estimate of drug-likeness (QED) is 0.735. The summed E-state index contributed by atoms with van der Waals surface area (Å²) >= 11 is 2.86. The molecular weight excluding hydrogens is 346 g/mol. The predicted molar refractivity (Wildman–Crippen MR) is 93.1 cm³/mol. The minimum atomic E-state index is -0.482. The monoisotopic (exact) mass is 365 g/mol. The van der Waals surface area contributed by atoms with Gasteiger partial charge >= 0.3 is 6.03 Å². The van der Waals surface area contributed by atoms with Gasteiger partial charge in [-0.05, 0) is 31.2 Å². The van der Waals surface area contributed by atoms with Gasteiger partial charge in [0.25, 0.3) is 0 Å². The molecule has 2 aromatic heterocycles. The first kappa shape index (κ1) is 17.0. The van der Waals surface area contributed by atoms with Crippen molar-refractivity contribution < 1.29 is 9.59 Å². The highest BCUT2D eigenvalue weighted by atomic mass is 32.2. The molecule has 0 radical (unpaired) electrons. The maximum absolute atomic E-state index is 11.9. The number of amides is 3. The topological polar surface area (TPSA) is 88.9 Å². The van der Waals surface area contributed by atoms with E-state index in [9.17, 15) is 9.59 Å². The highest BCUT2D eigenvalue weighted by molar-refractivity contribution is 7.99. The summed E-state index contributed by atoms with van der Waals surface area (Å²) in [5.41, 5.74) is 0. The van der Waals surface area contributed by atoms with Gasteiger partial charge in [-0.2, -0.15) is 0 Å². The van der Waals surface area contributed by atoms with Gasteiger partial charge in [-0.1, -0.05) is 17.8 Å². The lowest BCUT2D eigenvalue weighted by molar-refractivity contribution is -0.117. The Kier molecular flexibility index (Phi) is 5.52. The molecule has 1 aliphatic rings. The summed E-state index contributed by atoms with van der Waals surface area (Å²) in [5, 5.41) is 16.1. The lowest BCUT2D eigenvalue weighted by Gasteiger charge is -2.07. The van der Waals surface area contributed by atoms with Crippen molar-refractivity contribution in [2.45, 2.75) is 43.9 Å². The maximum Gasteiger partial charge on any atom is 0.321 e. The number of imide groups is 1. The summed E-state index contributed by atoms with van der Waals surface area (Å²) in [4.78, 5) is 24.6. The molecule has 2 aromatic rings. The Morgan fingerprint density at radius 3 is 2.92 bits per heavy atom. The Balaban J connectivity index is 1.44. The van der Waals surface area contributed by atoms with Crippen LogP contribution in [0, 0.1) is 0 Å². The highest BCUT2D eigenvalue weighted by Gasteiger charge is 2.30. The van der Waals surface area contributed by atoms with Crippen LogP contribution in [0.5, 0.6) is 0 Å². The largest absolute Gasteiger partial charge is 0.333 e. The van der Waals surface area contributed by atoms with Crippen molar-refractivity contribution in [1.29, 1.82) is 0 Å². The lowest BCUT2D eigenvalue weighted by Crippen LogP contribution is -2.39. The summed E-state index contributed by atoms with van der Waals surface area (Å²) in [7, 11) is 0. The van der Waals surface area contributed by atoms with Crippen molar-refractivity contribution >= 4 is 35.0 Å². The molecule has 3 rings (SSSR count). The second-order valence-corrected chi connectivity index (χ2v) is 7.43. The average molecular weight is 365 g/mol. The van der Waals surface area contributed by atoms with Gasteiger partial charge in [0, 0.05) is 17.3 Å². The second-order valence-electron chi connectivity index (χ2n) is 5.46. The van der Waals surface area contributed by atoms with Gasteiger partial charge in [-0.15, -0.1) is 21.5 Å². The molecule has 0 aliphatic heterocycles. The molecule has 1 aliphatic carbocycles. The third-order valence-corrected chi connectivity index (χ3v) is 5.44. The van der Waals surface area contributed by atoms with E-state index in [1.165, 1.54) is 11.8 Å². The smallest absolute Gasteiger partial charge is 0.321 e. The van der Waals surface area contributed by atoms with Crippen LogP contribution < -0.4 is 10.6 Å². The molecule has 0 saturated heterocycles. The summed E-state index contributed by atoms with van der Waals surface area (Å²) in [6.45, 7) is 3.24. The van der Waals surface area contributed by atoms with Crippen LogP contribution in [0.15, 0.2) is 22.7 Å². The van der Waals surface area contributed by atoms with Crippen LogP contribution in [0.1, 0.15) is 36.4 Å². The molecule has 1 fully saturated rings. The summed E-state index contributed by atoms with van der Waals surface area (Å²) in [5.74, 6) is 1.31. The van der Waals surface area contributed by atoms with Crippen LogP contribution in [0.25, 0.3) is 0 Å². The van der Waals surface area contributed by atoms with Crippen molar-refractivity contribution in [1.82, 2.24) is 25.4 Å². The molecule has 0 unspecified atom stereocenters. The van der Waals surface area contributed by atoms with E-state index in [2.05, 4.69) is 20.8 Å². The number of rotatable bonds is 7. The van der Waals surface area contributed by atoms with Gasteiger partial charge in [0.2, 0.25) is 5.91 Å². The predicted octanol–water partition coefficient (Wildman–Crippen LogP) is 2.36. The van der Waals surface area contributed by atoms with Crippen LogP contribution in [0.4, 0.5) is 4.79 Å². The molecule has 2 N–H and O–H groups in total. The SMILES string of the molecule is CCn1c(SCC(=O)NC(=O)NCc2cccs2)nnc1C1CC1. The molecule has 7 nitrogen and oxygen atoms in total. The van der Waals surface area contributed by atoms with Gasteiger partial charge in [0.15, 0.2) is 5.16 Å². The molecular formula is C15H19N5O2S2. The van der Waals surface area contributed by atoms with Crippen molar-refractivity contribution in [2.24, 2.45) is 0 Å². The Hall–Kier alpha value is -1.87. The first-order chi connectivity index (χ1) is 11.7. The minimum Gasteiger partial charge on any atom is -0.333 e. The molecule has 0 spiro atoms. The van der Waals surface area contributed by atoms with Crippen LogP contribution in [0.3, 0.4) is 0 Å². The third kappa shape index (κ3) is 4.35. The molecule has 9 heteroatoms. The number of nitrogens with zero attached hydrogens (tertiary/aromatic N) is 3. The maximum atomic E-state index is 11.9. The van der Waals surface area contributed by atoms with Crippen LogP contribution in [-0.4, -0.2) is 32.5 Å². The number of hydrogen-bond donors (Lipinski definition) is 2. The number of aromatic nitrogens is 3. The number of hydrogen-bond acceptors (Lipinski definition) is 6. The molecule has 24 heavy (non-hydrogen) atoms. The minimum absolute atomic E-state index is 0.134. The van der Waals surface area contributed by atoms with Gasteiger partial charge in [-0.3, -0.25) is 10.1 Å². The van der Waals surface area contributed by atoms with Gasteiger partial charge in [0.1, 0.15) is 5.82 Å². The number of nitrogens with one attached hydrogen (secondary N) is 2. The molecule has 0 bridgehead atoms. The molecule has 0 aromatic carbocycles. The average Bonchev–Trinajstić information content (AvgIpc) is 3.12. The molecule has 0 atom stereocenters. The zero-order valence-electron chi connectivity index (χ0n) is 13.3. The summed E-state index contributed by atoms with van der Waals surface area (Å²) < 4.78 is 2.05. The van der Waals surface area contributed by atoms with E-state index >= 15 is 0 Å². The zero-order valence-corrected chi connectivity index (χ0v) is 15.0. The Morgan fingerprint density at radius 1 is 1.42 bits per heavy atom. The van der Waals surface area contributed by atoms with Crippen molar-refractivity contribution in [2.75, 3.05) is 5.75 Å². The zero-order chi connectivity index (χ0) is 16.9. The number of thiophene rings is 1. The third-order valence-electron chi connectivity index (χ3n) is 3.59. The van der Waals surface area contributed by atoms with E-state index in [-0.39, 0.29) is 11.7 Å². The molecule has 1 saturated carbocycles. The van der Waals surface area contributed by atoms with Crippen LogP contribution in [0.2, 0.25) is 0 Å². The second kappa shape index (κ2) is 7.80. The van der Waals surface area contributed by atoms with Crippen molar-refractivity contribution in [3.63, 3.8) is 0 Å². The van der Waals surface area contributed by atoms with Crippen molar-refractivity contribution in [3.8, 4) is 0 Å². The summed E-state index contributed by atoms with van der Waals surface area (Å²) in [6.07, 6.45) is 2.32. The first-order valence-corrected chi connectivity index (χ1v) is 9.70. The number of carbonyl (C=O) groups is 2. The Bertz CT molecular complexity index is 710. The molecule has 2 heterocycles. The Morgan fingerprint density at radius 2 is 2.25 bits per heavy atom. The first-order valence-electron chi connectivity index (χ1n) is 7.83. The lowest BCUT2D eigenvalue weighted by atomic mass is 10.4. The summed E-state index contributed by atoms with van der Waals surface area (Å²) in [6, 6.07) is 3.36. The fourth-order valence-corrected chi connectivity index (χ4v) is 3.72. The van der Waals surface area contributed by atoms with E-state index in [1.807, 2.05) is 29.0 Å².